The van der Waals surface area contributed by atoms with Gasteiger partial charge in [-0.2, -0.15) is 0 Å². The van der Waals surface area contributed by atoms with E-state index in [0.29, 0.717) is 29.7 Å². The predicted octanol–water partition coefficient (Wildman–Crippen LogP) is 2.05. The van der Waals surface area contributed by atoms with E-state index in [2.05, 4.69) is 21.2 Å². The van der Waals surface area contributed by atoms with Crippen LogP contribution in [0.25, 0.3) is 0 Å². The van der Waals surface area contributed by atoms with Crippen molar-refractivity contribution in [2.45, 2.75) is 31.7 Å². The molecule has 23 heavy (non-hydrogen) atoms. The second kappa shape index (κ2) is 8.40. The van der Waals surface area contributed by atoms with Gasteiger partial charge in [-0.3, -0.25) is 9.59 Å². The summed E-state index contributed by atoms with van der Waals surface area (Å²) in [5, 5.41) is 2.83. The lowest BCUT2D eigenvalue weighted by molar-refractivity contribution is -0.121. The summed E-state index contributed by atoms with van der Waals surface area (Å²) in [5.41, 5.74) is 5.79. The molecule has 1 aliphatic rings. The Bertz CT molecular complexity index is 582. The van der Waals surface area contributed by atoms with E-state index in [4.69, 9.17) is 5.73 Å². The van der Waals surface area contributed by atoms with E-state index in [9.17, 15) is 14.0 Å². The van der Waals surface area contributed by atoms with Crippen molar-refractivity contribution in [1.82, 2.24) is 10.2 Å². The molecule has 3 N–H and O–H groups in total. The summed E-state index contributed by atoms with van der Waals surface area (Å²) in [4.78, 5) is 26.1. The standard InChI is InChI=1S/C16H21BrFN3O2/c17-14-9-11(18)4-5-13(14)16(23)21-8-2-1-3-12(21)10-20-15(22)6-7-19/h4-5,9,12H,1-3,6-8,10,19H2,(H,20,22). The summed E-state index contributed by atoms with van der Waals surface area (Å²) in [6.45, 7) is 1.37. The normalized spacial score (nSPS) is 17.9. The van der Waals surface area contributed by atoms with E-state index in [1.165, 1.54) is 18.2 Å². The summed E-state index contributed by atoms with van der Waals surface area (Å²) >= 11 is 3.25. The van der Waals surface area contributed by atoms with Crippen LogP contribution in [0.2, 0.25) is 0 Å². The van der Waals surface area contributed by atoms with Gasteiger partial charge in [0.25, 0.3) is 5.91 Å². The predicted molar refractivity (Wildman–Crippen MR) is 89.5 cm³/mol. The minimum absolute atomic E-state index is 0.0464. The number of nitrogens with two attached hydrogens (primary N) is 1. The van der Waals surface area contributed by atoms with Gasteiger partial charge >= 0.3 is 0 Å². The maximum absolute atomic E-state index is 13.2. The van der Waals surface area contributed by atoms with Crippen LogP contribution in [0.5, 0.6) is 0 Å². The van der Waals surface area contributed by atoms with Crippen LogP contribution in [-0.2, 0) is 4.79 Å². The quantitative estimate of drug-likeness (QED) is 0.814. The van der Waals surface area contributed by atoms with E-state index in [1.807, 2.05) is 0 Å². The molecule has 2 rings (SSSR count). The third kappa shape index (κ3) is 4.75. The number of rotatable bonds is 5. The number of halogens is 2. The van der Waals surface area contributed by atoms with Crippen molar-refractivity contribution in [3.05, 3.63) is 34.1 Å². The Morgan fingerprint density at radius 1 is 1.39 bits per heavy atom. The molecule has 0 aliphatic carbocycles. The topological polar surface area (TPSA) is 75.4 Å². The number of nitrogens with zero attached hydrogens (tertiary/aromatic N) is 1. The van der Waals surface area contributed by atoms with Crippen LogP contribution in [0.3, 0.4) is 0 Å². The zero-order chi connectivity index (χ0) is 16.8. The number of hydrogen-bond donors (Lipinski definition) is 2. The fourth-order valence-corrected chi connectivity index (χ4v) is 3.27. The summed E-state index contributed by atoms with van der Waals surface area (Å²) in [5.74, 6) is -0.638. The maximum atomic E-state index is 13.2. The Balaban J connectivity index is 2.07. The van der Waals surface area contributed by atoms with Crippen LogP contribution in [0, 0.1) is 5.82 Å². The van der Waals surface area contributed by atoms with Crippen molar-refractivity contribution in [3.8, 4) is 0 Å². The summed E-state index contributed by atoms with van der Waals surface area (Å²) in [7, 11) is 0. The third-order valence-electron chi connectivity index (χ3n) is 3.96. The highest BCUT2D eigenvalue weighted by atomic mass is 79.9. The van der Waals surface area contributed by atoms with Crippen molar-refractivity contribution in [3.63, 3.8) is 0 Å². The van der Waals surface area contributed by atoms with Crippen molar-refractivity contribution in [2.24, 2.45) is 5.73 Å². The fourth-order valence-electron chi connectivity index (χ4n) is 2.75. The second-order valence-electron chi connectivity index (χ2n) is 5.62. The van der Waals surface area contributed by atoms with Gasteiger partial charge in [0.1, 0.15) is 5.82 Å². The molecule has 1 saturated heterocycles. The molecule has 126 valence electrons. The van der Waals surface area contributed by atoms with Gasteiger partial charge in [-0.05, 0) is 53.4 Å². The molecule has 1 aliphatic heterocycles. The molecule has 7 heteroatoms. The number of nitrogens with one attached hydrogen (secondary N) is 1. The first kappa shape index (κ1) is 17.9. The number of amides is 2. The molecule has 1 heterocycles. The van der Waals surface area contributed by atoms with Crippen molar-refractivity contribution in [1.29, 1.82) is 0 Å². The maximum Gasteiger partial charge on any atom is 0.255 e. The molecule has 0 radical (unpaired) electrons. The molecule has 1 aromatic rings. The first-order valence-electron chi connectivity index (χ1n) is 7.75. The van der Waals surface area contributed by atoms with Gasteiger partial charge in [0.05, 0.1) is 5.56 Å². The molecule has 0 aromatic heterocycles. The fraction of sp³-hybridized carbons (Fsp3) is 0.500. The molecule has 0 spiro atoms. The van der Waals surface area contributed by atoms with E-state index >= 15 is 0 Å². The Morgan fingerprint density at radius 2 is 2.17 bits per heavy atom. The zero-order valence-electron chi connectivity index (χ0n) is 12.9. The number of carbonyl (C=O) groups is 2. The highest BCUT2D eigenvalue weighted by Gasteiger charge is 2.28. The molecule has 5 nitrogen and oxygen atoms in total. The van der Waals surface area contributed by atoms with Crippen molar-refractivity contribution >= 4 is 27.7 Å². The molecule has 1 fully saturated rings. The van der Waals surface area contributed by atoms with Gasteiger partial charge in [-0.15, -0.1) is 0 Å². The van der Waals surface area contributed by atoms with Crippen LogP contribution < -0.4 is 11.1 Å². The van der Waals surface area contributed by atoms with Crippen molar-refractivity contribution in [2.75, 3.05) is 19.6 Å². The van der Waals surface area contributed by atoms with Crippen LogP contribution in [0.4, 0.5) is 4.39 Å². The van der Waals surface area contributed by atoms with E-state index in [0.717, 1.165) is 19.3 Å². The van der Waals surface area contributed by atoms with Gasteiger partial charge in [0, 0.05) is 36.6 Å². The summed E-state index contributed by atoms with van der Waals surface area (Å²) < 4.78 is 13.6. The lowest BCUT2D eigenvalue weighted by Gasteiger charge is -2.36. The number of benzene rings is 1. The van der Waals surface area contributed by atoms with E-state index in [-0.39, 0.29) is 24.3 Å². The van der Waals surface area contributed by atoms with E-state index < -0.39 is 5.82 Å². The van der Waals surface area contributed by atoms with Gasteiger partial charge < -0.3 is 16.0 Å². The second-order valence-corrected chi connectivity index (χ2v) is 6.47. The smallest absolute Gasteiger partial charge is 0.255 e. The molecular weight excluding hydrogens is 365 g/mol. The van der Waals surface area contributed by atoms with Gasteiger partial charge in [-0.25, -0.2) is 4.39 Å². The first-order valence-corrected chi connectivity index (χ1v) is 8.55. The summed E-state index contributed by atoms with van der Waals surface area (Å²) in [6.07, 6.45) is 3.07. The number of hydrogen-bond acceptors (Lipinski definition) is 3. The largest absolute Gasteiger partial charge is 0.354 e. The molecular formula is C16H21BrFN3O2. The molecule has 2 amide bonds. The molecule has 0 bridgehead atoms. The molecule has 0 saturated carbocycles. The van der Waals surface area contributed by atoms with Gasteiger partial charge in [0.2, 0.25) is 5.91 Å². The third-order valence-corrected chi connectivity index (χ3v) is 4.61. The van der Waals surface area contributed by atoms with Gasteiger partial charge in [0.15, 0.2) is 0 Å². The molecule has 1 atom stereocenters. The lowest BCUT2D eigenvalue weighted by atomic mass is 10.0. The first-order chi connectivity index (χ1) is 11.0. The van der Waals surface area contributed by atoms with Crippen LogP contribution in [0.1, 0.15) is 36.0 Å². The highest BCUT2D eigenvalue weighted by molar-refractivity contribution is 9.10. The van der Waals surface area contributed by atoms with Crippen LogP contribution >= 0.6 is 15.9 Å². The Kier molecular flexibility index (Phi) is 6.53. The summed E-state index contributed by atoms with van der Waals surface area (Å²) in [6, 6.07) is 4.00. The number of piperidine rings is 1. The number of likely N-dealkylation sites (tertiary alicyclic amines) is 1. The van der Waals surface area contributed by atoms with Gasteiger partial charge in [-0.1, -0.05) is 0 Å². The zero-order valence-corrected chi connectivity index (χ0v) is 14.4. The highest BCUT2D eigenvalue weighted by Crippen LogP contribution is 2.24. The monoisotopic (exact) mass is 385 g/mol. The lowest BCUT2D eigenvalue weighted by Crippen LogP contribution is -2.49. The average Bonchev–Trinajstić information content (AvgIpc) is 2.53. The number of carbonyl (C=O) groups excluding carboxylic acids is 2. The Hall–Kier alpha value is -1.47. The minimum Gasteiger partial charge on any atom is -0.354 e. The molecule has 1 aromatic carbocycles. The minimum atomic E-state index is -0.391. The molecule has 1 unspecified atom stereocenters. The van der Waals surface area contributed by atoms with Crippen molar-refractivity contribution < 1.29 is 14.0 Å². The van der Waals surface area contributed by atoms with E-state index in [1.54, 1.807) is 4.90 Å². The van der Waals surface area contributed by atoms with Crippen LogP contribution in [-0.4, -0.2) is 42.4 Å². The average molecular weight is 386 g/mol. The van der Waals surface area contributed by atoms with Crippen LogP contribution in [0.15, 0.2) is 22.7 Å². The SMILES string of the molecule is NCCC(=O)NCC1CCCCN1C(=O)c1ccc(F)cc1Br. The Morgan fingerprint density at radius 3 is 2.87 bits per heavy atom. The Labute approximate surface area is 143 Å².